The van der Waals surface area contributed by atoms with E-state index in [4.69, 9.17) is 4.74 Å². The van der Waals surface area contributed by atoms with E-state index < -0.39 is 5.54 Å². The third kappa shape index (κ3) is 4.36. The first-order valence-electron chi connectivity index (χ1n) is 8.15. The van der Waals surface area contributed by atoms with Crippen molar-refractivity contribution in [3.05, 3.63) is 0 Å². The van der Waals surface area contributed by atoms with Gasteiger partial charge in [-0.15, -0.1) is 0 Å². The Hall–Kier alpha value is -0.260. The second kappa shape index (κ2) is 8.39. The van der Waals surface area contributed by atoms with E-state index in [9.17, 15) is 4.79 Å². The van der Waals surface area contributed by atoms with Crippen molar-refractivity contribution in [1.82, 2.24) is 10.2 Å². The van der Waals surface area contributed by atoms with Gasteiger partial charge in [0, 0.05) is 18.8 Å². The first-order valence-corrected chi connectivity index (χ1v) is 9.31. The van der Waals surface area contributed by atoms with Crippen molar-refractivity contribution >= 4 is 17.7 Å². The van der Waals surface area contributed by atoms with E-state index in [-0.39, 0.29) is 11.4 Å². The number of likely N-dealkylation sites (N-methyl/N-ethyl adjacent to an activating group) is 1. The van der Waals surface area contributed by atoms with Crippen LogP contribution in [0.4, 0.5) is 0 Å². The van der Waals surface area contributed by atoms with Gasteiger partial charge >= 0.3 is 5.97 Å². The van der Waals surface area contributed by atoms with Crippen LogP contribution in [0.2, 0.25) is 0 Å². The minimum atomic E-state index is -0.556. The largest absolute Gasteiger partial charge is 0.465 e. The Balaban J connectivity index is 2.80. The van der Waals surface area contributed by atoms with Crippen LogP contribution in [-0.2, 0) is 9.53 Å². The smallest absolute Gasteiger partial charge is 0.327 e. The Labute approximate surface area is 134 Å². The summed E-state index contributed by atoms with van der Waals surface area (Å²) in [6.45, 7) is 14.9. The molecule has 0 spiro atoms. The van der Waals surface area contributed by atoms with Crippen LogP contribution in [-0.4, -0.2) is 60.7 Å². The molecule has 0 aromatic rings. The number of nitrogens with zero attached hydrogens (tertiary/aromatic N) is 1. The van der Waals surface area contributed by atoms with E-state index >= 15 is 0 Å². The summed E-state index contributed by atoms with van der Waals surface area (Å²) in [5.74, 6) is 1.84. The molecule has 0 aliphatic carbocycles. The molecule has 1 rings (SSSR count). The van der Waals surface area contributed by atoms with Gasteiger partial charge in [-0.25, -0.2) is 4.79 Å². The fourth-order valence-corrected chi connectivity index (χ4v) is 4.60. The van der Waals surface area contributed by atoms with E-state index in [2.05, 4.69) is 37.9 Å². The predicted octanol–water partition coefficient (Wildman–Crippen LogP) is 2.38. The molecule has 1 saturated heterocycles. The molecule has 0 bridgehead atoms. The maximum atomic E-state index is 12.6. The van der Waals surface area contributed by atoms with Crippen molar-refractivity contribution in [1.29, 1.82) is 0 Å². The third-order valence-electron chi connectivity index (χ3n) is 4.72. The van der Waals surface area contributed by atoms with Gasteiger partial charge in [0.2, 0.25) is 0 Å². The van der Waals surface area contributed by atoms with Crippen molar-refractivity contribution in [2.75, 3.05) is 44.3 Å². The third-order valence-corrected chi connectivity index (χ3v) is 5.85. The number of carbonyl (C=O) groups is 1. The van der Waals surface area contributed by atoms with E-state index in [0.29, 0.717) is 6.61 Å². The lowest BCUT2D eigenvalue weighted by Gasteiger charge is -2.48. The van der Waals surface area contributed by atoms with Gasteiger partial charge in [0.25, 0.3) is 0 Å². The van der Waals surface area contributed by atoms with Crippen LogP contribution in [0.1, 0.15) is 41.0 Å². The lowest BCUT2D eigenvalue weighted by Crippen LogP contribution is -2.66. The summed E-state index contributed by atoms with van der Waals surface area (Å²) in [7, 11) is 0. The molecule has 0 aromatic carbocycles. The molecule has 1 fully saturated rings. The molecule has 0 amide bonds. The van der Waals surface area contributed by atoms with Crippen molar-refractivity contribution < 1.29 is 9.53 Å². The topological polar surface area (TPSA) is 41.6 Å². The lowest BCUT2D eigenvalue weighted by atomic mass is 9.70. The highest BCUT2D eigenvalue weighted by atomic mass is 32.2. The zero-order valence-electron chi connectivity index (χ0n) is 14.3. The number of esters is 1. The number of hydrogen-bond acceptors (Lipinski definition) is 5. The second-order valence-corrected chi connectivity index (χ2v) is 7.37. The molecule has 5 heteroatoms. The molecule has 1 N–H and O–H groups in total. The predicted molar refractivity (Wildman–Crippen MR) is 90.9 cm³/mol. The van der Waals surface area contributed by atoms with Crippen LogP contribution in [0.3, 0.4) is 0 Å². The van der Waals surface area contributed by atoms with Gasteiger partial charge in [-0.2, -0.15) is 11.8 Å². The number of hydrogen-bond donors (Lipinski definition) is 1. The van der Waals surface area contributed by atoms with Gasteiger partial charge in [0.1, 0.15) is 5.54 Å². The molecule has 1 aliphatic rings. The van der Waals surface area contributed by atoms with Crippen molar-refractivity contribution in [2.45, 2.75) is 46.6 Å². The average Bonchev–Trinajstić information content (AvgIpc) is 2.45. The highest BCUT2D eigenvalue weighted by Crippen LogP contribution is 2.43. The molecule has 21 heavy (non-hydrogen) atoms. The summed E-state index contributed by atoms with van der Waals surface area (Å²) in [5.41, 5.74) is -0.632. The van der Waals surface area contributed by atoms with Crippen LogP contribution < -0.4 is 5.32 Å². The Morgan fingerprint density at radius 2 is 1.95 bits per heavy atom. The normalized spacial score (nSPS) is 25.0. The highest BCUT2D eigenvalue weighted by Gasteiger charge is 2.53. The Kier molecular flexibility index (Phi) is 7.51. The monoisotopic (exact) mass is 316 g/mol. The Morgan fingerprint density at radius 1 is 1.29 bits per heavy atom. The van der Waals surface area contributed by atoms with E-state index in [1.54, 1.807) is 0 Å². The summed E-state index contributed by atoms with van der Waals surface area (Å²) < 4.78 is 5.40. The van der Waals surface area contributed by atoms with Crippen molar-refractivity contribution in [3.8, 4) is 0 Å². The summed E-state index contributed by atoms with van der Waals surface area (Å²) in [5, 5.41) is 3.57. The summed E-state index contributed by atoms with van der Waals surface area (Å²) in [4.78, 5) is 15.0. The van der Waals surface area contributed by atoms with Crippen LogP contribution in [0, 0.1) is 5.41 Å². The minimum absolute atomic E-state index is 0.0756. The molecule has 1 heterocycles. The fourth-order valence-electron chi connectivity index (χ4n) is 2.88. The molecule has 1 atom stereocenters. The maximum Gasteiger partial charge on any atom is 0.327 e. The molecular formula is C16H32N2O2S. The number of thioether (sulfide) groups is 1. The number of carbonyl (C=O) groups excluding carboxylic acids is 1. The van der Waals surface area contributed by atoms with Crippen LogP contribution >= 0.6 is 11.8 Å². The molecule has 0 aromatic heterocycles. The molecule has 4 nitrogen and oxygen atoms in total. The molecule has 1 aliphatic heterocycles. The molecule has 124 valence electrons. The quantitative estimate of drug-likeness (QED) is 0.696. The van der Waals surface area contributed by atoms with E-state index in [1.165, 1.54) is 0 Å². The van der Waals surface area contributed by atoms with Crippen LogP contribution in [0.15, 0.2) is 0 Å². The first-order chi connectivity index (χ1) is 9.93. The zero-order valence-corrected chi connectivity index (χ0v) is 15.1. The van der Waals surface area contributed by atoms with Crippen LogP contribution in [0.25, 0.3) is 0 Å². The number of ether oxygens (including phenoxy) is 1. The second-order valence-electron chi connectivity index (χ2n) is 6.27. The van der Waals surface area contributed by atoms with Gasteiger partial charge < -0.3 is 9.64 Å². The van der Waals surface area contributed by atoms with E-state index in [1.807, 2.05) is 18.7 Å². The molecule has 1 unspecified atom stereocenters. The van der Waals surface area contributed by atoms with E-state index in [0.717, 1.165) is 44.1 Å². The fraction of sp³-hybridized carbons (Fsp3) is 0.938. The van der Waals surface area contributed by atoms with Gasteiger partial charge in [-0.05, 0) is 37.6 Å². The maximum absolute atomic E-state index is 12.6. The SMILES string of the molecule is CCOC(=O)C1(NCCN(CC)CC)CSCCC1(C)C. The van der Waals surface area contributed by atoms with Gasteiger partial charge in [-0.1, -0.05) is 27.7 Å². The number of nitrogens with one attached hydrogen (secondary N) is 1. The van der Waals surface area contributed by atoms with Gasteiger partial charge in [0.15, 0.2) is 0 Å². The minimum Gasteiger partial charge on any atom is -0.465 e. The van der Waals surface area contributed by atoms with Gasteiger partial charge in [-0.3, -0.25) is 5.32 Å². The number of rotatable bonds is 8. The highest BCUT2D eigenvalue weighted by molar-refractivity contribution is 7.99. The molecule has 0 radical (unpaired) electrons. The standard InChI is InChI=1S/C16H32N2O2S/c1-6-18(7-2)11-10-17-16(14(19)20-8-3)13-21-12-9-15(16,4)5/h17H,6-13H2,1-5H3. The summed E-state index contributed by atoms with van der Waals surface area (Å²) in [6.07, 6.45) is 1.04. The Bertz CT molecular complexity index is 332. The summed E-state index contributed by atoms with van der Waals surface area (Å²) >= 11 is 1.85. The van der Waals surface area contributed by atoms with Gasteiger partial charge in [0.05, 0.1) is 6.61 Å². The van der Waals surface area contributed by atoms with Crippen molar-refractivity contribution in [3.63, 3.8) is 0 Å². The van der Waals surface area contributed by atoms with Crippen LogP contribution in [0.5, 0.6) is 0 Å². The molecule has 0 saturated carbocycles. The average molecular weight is 317 g/mol. The lowest BCUT2D eigenvalue weighted by molar-refractivity contribution is -0.156. The molecular weight excluding hydrogens is 284 g/mol. The zero-order chi connectivity index (χ0) is 15.9. The first kappa shape index (κ1) is 18.8. The Morgan fingerprint density at radius 3 is 2.48 bits per heavy atom. The summed E-state index contributed by atoms with van der Waals surface area (Å²) in [6, 6.07) is 0. The van der Waals surface area contributed by atoms with Crippen molar-refractivity contribution in [2.24, 2.45) is 5.41 Å².